The summed E-state index contributed by atoms with van der Waals surface area (Å²) in [6.45, 7) is 8.81. The van der Waals surface area contributed by atoms with E-state index in [-0.39, 0.29) is 29.9 Å². The lowest BCUT2D eigenvalue weighted by atomic mass is 10.1. The first kappa shape index (κ1) is 21.7. The molecule has 0 radical (unpaired) electrons. The molecule has 0 saturated carbocycles. The molecule has 0 spiro atoms. The SMILES string of the molecule is CCNC(=NCc1ccc(C(=O)NC)cc1)NCCC(C)C.I. The summed E-state index contributed by atoms with van der Waals surface area (Å²) in [5.41, 5.74) is 1.74. The Balaban J connectivity index is 0.00000484. The van der Waals surface area contributed by atoms with E-state index in [1.54, 1.807) is 7.05 Å². The van der Waals surface area contributed by atoms with Gasteiger partial charge in [-0.25, -0.2) is 4.99 Å². The minimum absolute atomic E-state index is 0. The molecule has 0 unspecified atom stereocenters. The molecular weight excluding hydrogens is 403 g/mol. The Kier molecular flexibility index (Phi) is 11.5. The zero-order valence-electron chi connectivity index (χ0n) is 14.5. The van der Waals surface area contributed by atoms with Crippen LogP contribution in [0.3, 0.4) is 0 Å². The maximum Gasteiger partial charge on any atom is 0.251 e. The Morgan fingerprint density at radius 3 is 2.35 bits per heavy atom. The Hall–Kier alpha value is -1.31. The molecule has 1 aromatic carbocycles. The fourth-order valence-electron chi connectivity index (χ4n) is 1.90. The van der Waals surface area contributed by atoms with Crippen LogP contribution in [0.4, 0.5) is 0 Å². The molecule has 5 nitrogen and oxygen atoms in total. The highest BCUT2D eigenvalue weighted by molar-refractivity contribution is 14.0. The summed E-state index contributed by atoms with van der Waals surface area (Å²) in [6, 6.07) is 7.52. The summed E-state index contributed by atoms with van der Waals surface area (Å²) in [7, 11) is 1.63. The van der Waals surface area contributed by atoms with Crippen LogP contribution in [-0.4, -0.2) is 32.0 Å². The van der Waals surface area contributed by atoms with Crippen molar-refractivity contribution in [2.45, 2.75) is 33.7 Å². The largest absolute Gasteiger partial charge is 0.357 e. The van der Waals surface area contributed by atoms with Gasteiger partial charge in [-0.15, -0.1) is 24.0 Å². The van der Waals surface area contributed by atoms with Crippen LogP contribution >= 0.6 is 24.0 Å². The van der Waals surface area contributed by atoms with Crippen LogP contribution in [0.25, 0.3) is 0 Å². The van der Waals surface area contributed by atoms with Crippen molar-refractivity contribution in [2.24, 2.45) is 10.9 Å². The third-order valence-corrected chi connectivity index (χ3v) is 3.22. The molecule has 0 aliphatic heterocycles. The van der Waals surface area contributed by atoms with Gasteiger partial charge >= 0.3 is 0 Å². The van der Waals surface area contributed by atoms with Crippen LogP contribution in [0, 0.1) is 5.92 Å². The lowest BCUT2D eigenvalue weighted by molar-refractivity contribution is 0.0963. The molecule has 1 amide bonds. The van der Waals surface area contributed by atoms with Crippen molar-refractivity contribution >= 4 is 35.8 Å². The number of guanidine groups is 1. The normalized spacial score (nSPS) is 10.9. The van der Waals surface area contributed by atoms with Gasteiger partial charge < -0.3 is 16.0 Å². The van der Waals surface area contributed by atoms with Gasteiger partial charge in [0, 0.05) is 25.7 Å². The Bertz CT molecular complexity index is 486. The number of hydrogen-bond acceptors (Lipinski definition) is 2. The van der Waals surface area contributed by atoms with Gasteiger partial charge in [0.25, 0.3) is 5.91 Å². The van der Waals surface area contributed by atoms with E-state index in [4.69, 9.17) is 0 Å². The Morgan fingerprint density at radius 1 is 1.17 bits per heavy atom. The number of amides is 1. The lowest BCUT2D eigenvalue weighted by Gasteiger charge is -2.12. The molecule has 3 N–H and O–H groups in total. The number of nitrogens with one attached hydrogen (secondary N) is 3. The van der Waals surface area contributed by atoms with Gasteiger partial charge in [-0.2, -0.15) is 0 Å². The number of halogens is 1. The summed E-state index contributed by atoms with van der Waals surface area (Å²) in [5.74, 6) is 1.44. The van der Waals surface area contributed by atoms with E-state index in [9.17, 15) is 4.79 Å². The van der Waals surface area contributed by atoms with Crippen molar-refractivity contribution in [3.05, 3.63) is 35.4 Å². The number of benzene rings is 1. The molecule has 0 fully saturated rings. The molecule has 0 aromatic heterocycles. The van der Waals surface area contributed by atoms with E-state index < -0.39 is 0 Å². The van der Waals surface area contributed by atoms with Gasteiger partial charge in [0.05, 0.1) is 6.54 Å². The maximum atomic E-state index is 11.5. The van der Waals surface area contributed by atoms with Crippen molar-refractivity contribution in [1.82, 2.24) is 16.0 Å². The van der Waals surface area contributed by atoms with Crippen LogP contribution in [-0.2, 0) is 6.54 Å². The second-order valence-corrected chi connectivity index (χ2v) is 5.58. The molecule has 0 atom stereocenters. The number of carbonyl (C=O) groups is 1. The molecular formula is C17H29IN4O. The Labute approximate surface area is 156 Å². The van der Waals surface area contributed by atoms with Crippen LogP contribution in [0.1, 0.15) is 43.1 Å². The average Bonchev–Trinajstić information content (AvgIpc) is 2.52. The van der Waals surface area contributed by atoms with Crippen LogP contribution in [0.2, 0.25) is 0 Å². The monoisotopic (exact) mass is 432 g/mol. The Morgan fingerprint density at radius 2 is 1.83 bits per heavy atom. The number of nitrogens with zero attached hydrogens (tertiary/aromatic N) is 1. The minimum Gasteiger partial charge on any atom is -0.357 e. The van der Waals surface area contributed by atoms with Crippen molar-refractivity contribution < 1.29 is 4.79 Å². The van der Waals surface area contributed by atoms with Gasteiger partial charge in [-0.1, -0.05) is 26.0 Å². The summed E-state index contributed by atoms with van der Waals surface area (Å²) in [4.78, 5) is 16.1. The highest BCUT2D eigenvalue weighted by atomic mass is 127. The summed E-state index contributed by atoms with van der Waals surface area (Å²) in [5, 5.41) is 9.19. The minimum atomic E-state index is -0.0706. The zero-order chi connectivity index (χ0) is 16.4. The predicted octanol–water partition coefficient (Wildman–Crippen LogP) is 2.77. The molecule has 1 aromatic rings. The molecule has 0 heterocycles. The van der Waals surface area contributed by atoms with E-state index in [0.29, 0.717) is 18.0 Å². The summed E-state index contributed by atoms with van der Waals surface area (Å²) >= 11 is 0. The van der Waals surface area contributed by atoms with Crippen molar-refractivity contribution in [3.63, 3.8) is 0 Å². The van der Waals surface area contributed by atoms with Crippen molar-refractivity contribution in [2.75, 3.05) is 20.1 Å². The zero-order valence-corrected chi connectivity index (χ0v) is 16.8. The molecule has 130 valence electrons. The molecule has 0 aliphatic carbocycles. The van der Waals surface area contributed by atoms with Gasteiger partial charge in [0.15, 0.2) is 5.96 Å². The molecule has 0 saturated heterocycles. The molecule has 0 aliphatic rings. The van der Waals surface area contributed by atoms with E-state index in [2.05, 4.69) is 41.7 Å². The molecule has 23 heavy (non-hydrogen) atoms. The molecule has 0 bridgehead atoms. The van der Waals surface area contributed by atoms with Gasteiger partial charge in [-0.3, -0.25) is 4.79 Å². The van der Waals surface area contributed by atoms with Crippen LogP contribution < -0.4 is 16.0 Å². The van der Waals surface area contributed by atoms with Gasteiger partial charge in [0.1, 0.15) is 0 Å². The topological polar surface area (TPSA) is 65.5 Å². The third kappa shape index (κ3) is 8.78. The lowest BCUT2D eigenvalue weighted by Crippen LogP contribution is -2.38. The van der Waals surface area contributed by atoms with Gasteiger partial charge in [0.2, 0.25) is 0 Å². The van der Waals surface area contributed by atoms with Crippen LogP contribution in [0.15, 0.2) is 29.3 Å². The second kappa shape index (κ2) is 12.2. The number of aliphatic imine (C=N–C) groups is 1. The first-order valence-corrected chi connectivity index (χ1v) is 7.90. The summed E-state index contributed by atoms with van der Waals surface area (Å²) < 4.78 is 0. The van der Waals surface area contributed by atoms with Crippen LogP contribution in [0.5, 0.6) is 0 Å². The third-order valence-electron chi connectivity index (χ3n) is 3.22. The highest BCUT2D eigenvalue weighted by Crippen LogP contribution is 2.05. The average molecular weight is 432 g/mol. The molecule has 6 heteroatoms. The smallest absolute Gasteiger partial charge is 0.251 e. The van der Waals surface area contributed by atoms with Crippen molar-refractivity contribution in [3.8, 4) is 0 Å². The summed E-state index contributed by atoms with van der Waals surface area (Å²) in [6.07, 6.45) is 1.12. The van der Waals surface area contributed by atoms with E-state index >= 15 is 0 Å². The fraction of sp³-hybridized carbons (Fsp3) is 0.529. The number of hydrogen-bond donors (Lipinski definition) is 3. The standard InChI is InChI=1S/C17H28N4O.HI/c1-5-19-17(20-11-10-13(2)3)21-12-14-6-8-15(9-7-14)16(22)18-4;/h6-9,13H,5,10-12H2,1-4H3,(H,18,22)(H2,19,20,21);1H. The van der Waals surface area contributed by atoms with Gasteiger partial charge in [-0.05, 0) is 37.0 Å². The van der Waals surface area contributed by atoms with E-state index in [1.165, 1.54) is 0 Å². The van der Waals surface area contributed by atoms with Crippen molar-refractivity contribution in [1.29, 1.82) is 0 Å². The maximum absolute atomic E-state index is 11.5. The first-order valence-electron chi connectivity index (χ1n) is 7.90. The predicted molar refractivity (Wildman–Crippen MR) is 108 cm³/mol. The molecule has 1 rings (SSSR count). The number of carbonyl (C=O) groups excluding carboxylic acids is 1. The van der Waals surface area contributed by atoms with E-state index in [0.717, 1.165) is 31.0 Å². The highest BCUT2D eigenvalue weighted by Gasteiger charge is 2.02. The second-order valence-electron chi connectivity index (χ2n) is 5.58. The quantitative estimate of drug-likeness (QED) is 0.353. The first-order chi connectivity index (χ1) is 10.6. The van der Waals surface area contributed by atoms with E-state index in [1.807, 2.05) is 24.3 Å². The number of rotatable bonds is 7. The fourth-order valence-corrected chi connectivity index (χ4v) is 1.90.